The third kappa shape index (κ3) is 4.13. The molecule has 5 heteroatoms. The topological polar surface area (TPSA) is 55.6 Å². The Hall–Kier alpha value is -1.75. The van der Waals surface area contributed by atoms with Crippen LogP contribution in [0.3, 0.4) is 0 Å². The molecule has 0 saturated carbocycles. The van der Waals surface area contributed by atoms with Crippen LogP contribution in [-0.4, -0.2) is 26.3 Å². The SMILES string of the molecule is Cc1nc(C)n(Cc2ccc(CNCC(C)C)cn2)n1. The summed E-state index contributed by atoms with van der Waals surface area (Å²) < 4.78 is 1.88. The maximum Gasteiger partial charge on any atom is 0.147 e. The molecule has 2 heterocycles. The summed E-state index contributed by atoms with van der Waals surface area (Å²) in [6.07, 6.45) is 1.93. The van der Waals surface area contributed by atoms with Gasteiger partial charge in [0.05, 0.1) is 12.2 Å². The normalized spacial score (nSPS) is 11.2. The first-order chi connectivity index (χ1) is 9.54. The van der Waals surface area contributed by atoms with Gasteiger partial charge in [-0.05, 0) is 37.9 Å². The van der Waals surface area contributed by atoms with Crippen molar-refractivity contribution in [2.45, 2.75) is 40.8 Å². The molecule has 0 amide bonds. The number of pyridine rings is 1. The van der Waals surface area contributed by atoms with Gasteiger partial charge in [-0.15, -0.1) is 0 Å². The zero-order valence-corrected chi connectivity index (χ0v) is 12.7. The molecule has 5 nitrogen and oxygen atoms in total. The minimum Gasteiger partial charge on any atom is -0.312 e. The van der Waals surface area contributed by atoms with Gasteiger partial charge in [0.25, 0.3) is 0 Å². The average molecular weight is 273 g/mol. The van der Waals surface area contributed by atoms with Crippen molar-refractivity contribution in [3.8, 4) is 0 Å². The van der Waals surface area contributed by atoms with E-state index in [1.807, 2.05) is 24.7 Å². The Morgan fingerprint density at radius 2 is 2.05 bits per heavy atom. The Morgan fingerprint density at radius 3 is 2.60 bits per heavy atom. The van der Waals surface area contributed by atoms with E-state index in [0.29, 0.717) is 12.5 Å². The summed E-state index contributed by atoms with van der Waals surface area (Å²) in [6, 6.07) is 4.18. The molecule has 0 aliphatic heterocycles. The number of hydrogen-bond donors (Lipinski definition) is 1. The number of nitrogens with one attached hydrogen (secondary N) is 1. The molecule has 2 rings (SSSR count). The van der Waals surface area contributed by atoms with E-state index >= 15 is 0 Å². The van der Waals surface area contributed by atoms with E-state index in [1.54, 1.807) is 0 Å². The Kier molecular flexibility index (Phi) is 4.84. The van der Waals surface area contributed by atoms with Crippen LogP contribution in [0.5, 0.6) is 0 Å². The van der Waals surface area contributed by atoms with Gasteiger partial charge in [0.15, 0.2) is 0 Å². The number of nitrogens with zero attached hydrogens (tertiary/aromatic N) is 4. The minimum atomic E-state index is 0.667. The van der Waals surface area contributed by atoms with E-state index in [9.17, 15) is 0 Å². The molecule has 0 aliphatic rings. The highest BCUT2D eigenvalue weighted by atomic mass is 15.3. The fourth-order valence-corrected chi connectivity index (χ4v) is 2.02. The van der Waals surface area contributed by atoms with Crippen molar-refractivity contribution in [2.24, 2.45) is 5.92 Å². The van der Waals surface area contributed by atoms with E-state index < -0.39 is 0 Å². The maximum atomic E-state index is 4.49. The van der Waals surface area contributed by atoms with Gasteiger partial charge in [0.2, 0.25) is 0 Å². The summed E-state index contributed by atoms with van der Waals surface area (Å²) in [6.45, 7) is 10.8. The third-order valence-electron chi connectivity index (χ3n) is 3.04. The van der Waals surface area contributed by atoms with Gasteiger partial charge in [0.1, 0.15) is 11.6 Å². The second-order valence-electron chi connectivity index (χ2n) is 5.55. The Bertz CT molecular complexity index is 542. The monoisotopic (exact) mass is 273 g/mol. The lowest BCUT2D eigenvalue weighted by molar-refractivity contribution is 0.551. The van der Waals surface area contributed by atoms with Crippen molar-refractivity contribution in [1.29, 1.82) is 0 Å². The molecule has 0 atom stereocenters. The molecule has 0 unspecified atom stereocenters. The van der Waals surface area contributed by atoms with Crippen molar-refractivity contribution in [3.63, 3.8) is 0 Å². The maximum absolute atomic E-state index is 4.49. The molecule has 0 saturated heterocycles. The molecule has 2 aromatic heterocycles. The third-order valence-corrected chi connectivity index (χ3v) is 3.04. The standard InChI is InChI=1S/C15H23N5/c1-11(2)7-16-8-14-5-6-15(17-9-14)10-20-13(4)18-12(3)19-20/h5-6,9,11,16H,7-8,10H2,1-4H3. The summed E-state index contributed by atoms with van der Waals surface area (Å²) in [5.41, 5.74) is 2.21. The van der Waals surface area contributed by atoms with Crippen LogP contribution in [-0.2, 0) is 13.1 Å². The second kappa shape index (κ2) is 6.61. The van der Waals surface area contributed by atoms with Crippen molar-refractivity contribution in [2.75, 3.05) is 6.54 Å². The van der Waals surface area contributed by atoms with E-state index in [-0.39, 0.29) is 0 Å². The van der Waals surface area contributed by atoms with Crippen LogP contribution in [0.4, 0.5) is 0 Å². The highest BCUT2D eigenvalue weighted by Gasteiger charge is 2.04. The minimum absolute atomic E-state index is 0.667. The molecular weight excluding hydrogens is 250 g/mol. The van der Waals surface area contributed by atoms with Crippen molar-refractivity contribution >= 4 is 0 Å². The summed E-state index contributed by atoms with van der Waals surface area (Å²) in [4.78, 5) is 8.79. The largest absolute Gasteiger partial charge is 0.312 e. The summed E-state index contributed by atoms with van der Waals surface area (Å²) in [5.74, 6) is 2.39. The molecule has 0 aromatic carbocycles. The zero-order chi connectivity index (χ0) is 14.5. The Balaban J connectivity index is 1.93. The van der Waals surface area contributed by atoms with Gasteiger partial charge in [-0.3, -0.25) is 4.98 Å². The lowest BCUT2D eigenvalue weighted by Crippen LogP contribution is -2.19. The van der Waals surface area contributed by atoms with Gasteiger partial charge < -0.3 is 5.32 Å². The highest BCUT2D eigenvalue weighted by molar-refractivity contribution is 5.14. The van der Waals surface area contributed by atoms with Crippen LogP contribution in [0.2, 0.25) is 0 Å². The van der Waals surface area contributed by atoms with Crippen LogP contribution >= 0.6 is 0 Å². The molecule has 108 valence electrons. The lowest BCUT2D eigenvalue weighted by atomic mass is 10.2. The van der Waals surface area contributed by atoms with Gasteiger partial charge in [0, 0.05) is 12.7 Å². The van der Waals surface area contributed by atoms with Gasteiger partial charge in [-0.25, -0.2) is 9.67 Å². The van der Waals surface area contributed by atoms with Crippen LogP contribution in [0, 0.1) is 19.8 Å². The number of hydrogen-bond acceptors (Lipinski definition) is 4. The second-order valence-corrected chi connectivity index (χ2v) is 5.55. The van der Waals surface area contributed by atoms with E-state index in [2.05, 4.69) is 46.4 Å². The number of aromatic nitrogens is 4. The molecule has 0 aliphatic carbocycles. The Morgan fingerprint density at radius 1 is 1.25 bits per heavy atom. The molecule has 2 aromatic rings. The Labute approximate surface area is 120 Å². The first kappa shape index (κ1) is 14.7. The number of rotatable bonds is 6. The molecule has 0 bridgehead atoms. The quantitative estimate of drug-likeness (QED) is 0.875. The molecule has 20 heavy (non-hydrogen) atoms. The van der Waals surface area contributed by atoms with Gasteiger partial charge in [-0.2, -0.15) is 5.10 Å². The summed E-state index contributed by atoms with van der Waals surface area (Å²) in [7, 11) is 0. The van der Waals surface area contributed by atoms with Crippen molar-refractivity contribution in [1.82, 2.24) is 25.1 Å². The van der Waals surface area contributed by atoms with Crippen LogP contribution in [0.15, 0.2) is 18.3 Å². The predicted octanol–water partition coefficient (Wildman–Crippen LogP) is 2.08. The van der Waals surface area contributed by atoms with Crippen LogP contribution < -0.4 is 5.32 Å². The summed E-state index contributed by atoms with van der Waals surface area (Å²) >= 11 is 0. The van der Waals surface area contributed by atoms with Gasteiger partial charge in [-0.1, -0.05) is 19.9 Å². The molecule has 0 radical (unpaired) electrons. The fraction of sp³-hybridized carbons (Fsp3) is 0.533. The first-order valence-corrected chi connectivity index (χ1v) is 7.07. The highest BCUT2D eigenvalue weighted by Crippen LogP contribution is 2.04. The van der Waals surface area contributed by atoms with E-state index in [4.69, 9.17) is 0 Å². The van der Waals surface area contributed by atoms with Crippen molar-refractivity contribution in [3.05, 3.63) is 41.2 Å². The van der Waals surface area contributed by atoms with Crippen LogP contribution in [0.25, 0.3) is 0 Å². The summed E-state index contributed by atoms with van der Waals surface area (Å²) in [5, 5.41) is 7.77. The van der Waals surface area contributed by atoms with Crippen molar-refractivity contribution < 1.29 is 0 Å². The molecular formula is C15H23N5. The van der Waals surface area contributed by atoms with E-state index in [0.717, 1.165) is 30.4 Å². The average Bonchev–Trinajstić information content (AvgIpc) is 2.69. The van der Waals surface area contributed by atoms with E-state index in [1.165, 1.54) is 5.56 Å². The first-order valence-electron chi connectivity index (χ1n) is 7.07. The molecule has 0 fully saturated rings. The zero-order valence-electron chi connectivity index (χ0n) is 12.7. The predicted molar refractivity (Wildman–Crippen MR) is 79.4 cm³/mol. The number of aryl methyl sites for hydroxylation is 2. The lowest BCUT2D eigenvalue weighted by Gasteiger charge is -2.08. The molecule has 1 N–H and O–H groups in total. The van der Waals surface area contributed by atoms with Crippen LogP contribution in [0.1, 0.15) is 36.8 Å². The smallest absolute Gasteiger partial charge is 0.147 e. The van der Waals surface area contributed by atoms with Gasteiger partial charge >= 0.3 is 0 Å². The molecule has 0 spiro atoms. The fourth-order valence-electron chi connectivity index (χ4n) is 2.02.